The maximum Gasteiger partial charge on any atom is 0.310 e. The van der Waals surface area contributed by atoms with E-state index in [1.54, 1.807) is 35.3 Å². The summed E-state index contributed by atoms with van der Waals surface area (Å²) in [5, 5.41) is 2.96. The number of carbonyl (C=O) groups is 2. The average molecular weight is 388 g/mol. The van der Waals surface area contributed by atoms with Crippen LogP contribution in [-0.4, -0.2) is 41.5 Å². The van der Waals surface area contributed by atoms with Gasteiger partial charge in [-0.2, -0.15) is 0 Å². The minimum absolute atomic E-state index is 0.0843. The molecule has 1 unspecified atom stereocenters. The smallest absolute Gasteiger partial charge is 0.310 e. The molecule has 1 aliphatic rings. The SMILES string of the molecule is CCOC(=O)C1CCCN(C(=O)c2cccc(OCc3csc(C)n3)c2)C1. The second-order valence-corrected chi connectivity index (χ2v) is 7.58. The third kappa shape index (κ3) is 5.07. The number of carbonyl (C=O) groups excluding carboxylic acids is 2. The van der Waals surface area contributed by atoms with E-state index in [2.05, 4.69) is 4.98 Å². The molecule has 3 rings (SSSR count). The number of piperidine rings is 1. The van der Waals surface area contributed by atoms with Crippen molar-refractivity contribution in [2.75, 3.05) is 19.7 Å². The molecule has 2 heterocycles. The Balaban J connectivity index is 1.63. The van der Waals surface area contributed by atoms with Gasteiger partial charge in [0, 0.05) is 24.0 Å². The zero-order valence-corrected chi connectivity index (χ0v) is 16.5. The van der Waals surface area contributed by atoms with E-state index in [4.69, 9.17) is 9.47 Å². The molecule has 0 bridgehead atoms. The largest absolute Gasteiger partial charge is 0.487 e. The topological polar surface area (TPSA) is 68.7 Å². The summed E-state index contributed by atoms with van der Waals surface area (Å²) in [6.07, 6.45) is 1.56. The van der Waals surface area contributed by atoms with E-state index in [9.17, 15) is 9.59 Å². The Hall–Kier alpha value is -2.41. The van der Waals surface area contributed by atoms with Gasteiger partial charge in [-0.15, -0.1) is 11.3 Å². The highest BCUT2D eigenvalue weighted by molar-refractivity contribution is 7.09. The quantitative estimate of drug-likeness (QED) is 0.709. The summed E-state index contributed by atoms with van der Waals surface area (Å²) in [7, 11) is 0. The summed E-state index contributed by atoms with van der Waals surface area (Å²) in [4.78, 5) is 31.0. The second kappa shape index (κ2) is 8.99. The number of ether oxygens (including phenoxy) is 2. The van der Waals surface area contributed by atoms with Crippen LogP contribution in [0.15, 0.2) is 29.6 Å². The number of hydrogen-bond acceptors (Lipinski definition) is 6. The van der Waals surface area contributed by atoms with Gasteiger partial charge >= 0.3 is 5.97 Å². The van der Waals surface area contributed by atoms with Gasteiger partial charge in [0.1, 0.15) is 12.4 Å². The van der Waals surface area contributed by atoms with Crippen molar-refractivity contribution < 1.29 is 19.1 Å². The Morgan fingerprint density at radius 3 is 2.96 bits per heavy atom. The zero-order valence-electron chi connectivity index (χ0n) is 15.6. The third-order valence-electron chi connectivity index (χ3n) is 4.46. The summed E-state index contributed by atoms with van der Waals surface area (Å²) in [5.74, 6) is 0.0880. The molecule has 27 heavy (non-hydrogen) atoms. The number of thiazole rings is 1. The normalized spacial score (nSPS) is 16.8. The van der Waals surface area contributed by atoms with Crippen molar-refractivity contribution in [3.63, 3.8) is 0 Å². The number of esters is 1. The highest BCUT2D eigenvalue weighted by Gasteiger charge is 2.29. The maximum atomic E-state index is 12.9. The van der Waals surface area contributed by atoms with Crippen LogP contribution in [0.5, 0.6) is 5.75 Å². The number of hydrogen-bond donors (Lipinski definition) is 0. The molecule has 6 nitrogen and oxygen atoms in total. The number of aromatic nitrogens is 1. The highest BCUT2D eigenvalue weighted by atomic mass is 32.1. The number of amides is 1. The minimum atomic E-state index is -0.241. The van der Waals surface area contributed by atoms with E-state index >= 15 is 0 Å². The number of likely N-dealkylation sites (tertiary alicyclic amines) is 1. The van der Waals surface area contributed by atoms with E-state index in [1.807, 2.05) is 24.4 Å². The van der Waals surface area contributed by atoms with Gasteiger partial charge in [0.15, 0.2) is 0 Å². The van der Waals surface area contributed by atoms with Crippen LogP contribution in [0.3, 0.4) is 0 Å². The Bertz CT molecular complexity index is 805. The summed E-state index contributed by atoms with van der Waals surface area (Å²) < 4.78 is 10.9. The average Bonchev–Trinajstić information content (AvgIpc) is 3.11. The first-order chi connectivity index (χ1) is 13.1. The summed E-state index contributed by atoms with van der Waals surface area (Å²) in [6.45, 7) is 5.54. The molecule has 1 atom stereocenters. The molecule has 0 saturated carbocycles. The van der Waals surface area contributed by atoms with E-state index in [1.165, 1.54) is 0 Å². The summed E-state index contributed by atoms with van der Waals surface area (Å²) in [5.41, 5.74) is 1.44. The molecule has 1 aromatic carbocycles. The maximum absolute atomic E-state index is 12.9. The van der Waals surface area contributed by atoms with Crippen LogP contribution in [0.1, 0.15) is 40.8 Å². The van der Waals surface area contributed by atoms with Crippen LogP contribution in [0.25, 0.3) is 0 Å². The van der Waals surface area contributed by atoms with Gasteiger partial charge in [-0.25, -0.2) is 4.98 Å². The lowest BCUT2D eigenvalue weighted by Gasteiger charge is -2.31. The molecule has 7 heteroatoms. The third-order valence-corrected chi connectivity index (χ3v) is 5.29. The molecule has 0 spiro atoms. The first kappa shape index (κ1) is 19.4. The van der Waals surface area contributed by atoms with Gasteiger partial charge in [-0.05, 0) is 44.9 Å². The van der Waals surface area contributed by atoms with Crippen LogP contribution in [-0.2, 0) is 16.1 Å². The molecule has 1 aromatic heterocycles. The fourth-order valence-corrected chi connectivity index (χ4v) is 3.74. The van der Waals surface area contributed by atoms with Crippen molar-refractivity contribution >= 4 is 23.2 Å². The lowest BCUT2D eigenvalue weighted by atomic mass is 9.97. The van der Waals surface area contributed by atoms with Gasteiger partial charge in [0.05, 0.1) is 23.2 Å². The van der Waals surface area contributed by atoms with Crippen LogP contribution >= 0.6 is 11.3 Å². The molecular weight excluding hydrogens is 364 g/mol. The zero-order chi connectivity index (χ0) is 19.2. The molecular formula is C20H24N2O4S. The number of rotatable bonds is 6. The molecule has 0 aliphatic carbocycles. The summed E-state index contributed by atoms with van der Waals surface area (Å²) >= 11 is 1.58. The Kier molecular flexibility index (Phi) is 6.45. The second-order valence-electron chi connectivity index (χ2n) is 6.52. The standard InChI is InChI=1S/C20H24N2O4S/c1-3-25-20(24)16-7-5-9-22(11-16)19(23)15-6-4-8-18(10-15)26-12-17-13-27-14(2)21-17/h4,6,8,10,13,16H,3,5,7,9,11-12H2,1-2H3. The van der Waals surface area contributed by atoms with Gasteiger partial charge in [-0.3, -0.25) is 9.59 Å². The van der Waals surface area contributed by atoms with Crippen molar-refractivity contribution in [3.05, 3.63) is 45.9 Å². The van der Waals surface area contributed by atoms with E-state index in [0.29, 0.717) is 37.6 Å². The van der Waals surface area contributed by atoms with Crippen LogP contribution in [0, 0.1) is 12.8 Å². The van der Waals surface area contributed by atoms with Crippen LogP contribution in [0.2, 0.25) is 0 Å². The first-order valence-electron chi connectivity index (χ1n) is 9.16. The molecule has 0 radical (unpaired) electrons. The molecule has 1 fully saturated rings. The lowest BCUT2D eigenvalue weighted by molar-refractivity contribution is -0.149. The van der Waals surface area contributed by atoms with Gasteiger partial charge < -0.3 is 14.4 Å². The van der Waals surface area contributed by atoms with Crippen molar-refractivity contribution in [1.82, 2.24) is 9.88 Å². The Morgan fingerprint density at radius 2 is 2.22 bits per heavy atom. The van der Waals surface area contributed by atoms with Gasteiger partial charge in [0.2, 0.25) is 0 Å². The molecule has 1 amide bonds. The first-order valence-corrected chi connectivity index (χ1v) is 10.0. The van der Waals surface area contributed by atoms with E-state index in [-0.39, 0.29) is 17.8 Å². The van der Waals surface area contributed by atoms with E-state index < -0.39 is 0 Å². The van der Waals surface area contributed by atoms with Crippen molar-refractivity contribution in [1.29, 1.82) is 0 Å². The Labute approximate surface area is 163 Å². The van der Waals surface area contributed by atoms with Crippen molar-refractivity contribution in [2.45, 2.75) is 33.3 Å². The highest BCUT2D eigenvalue weighted by Crippen LogP contribution is 2.22. The molecule has 0 N–H and O–H groups in total. The monoisotopic (exact) mass is 388 g/mol. The predicted molar refractivity (Wildman–Crippen MR) is 103 cm³/mol. The fourth-order valence-electron chi connectivity index (χ4n) is 3.15. The molecule has 144 valence electrons. The van der Waals surface area contributed by atoms with Crippen molar-refractivity contribution in [2.24, 2.45) is 5.92 Å². The molecule has 1 saturated heterocycles. The van der Waals surface area contributed by atoms with Gasteiger partial charge in [0.25, 0.3) is 5.91 Å². The van der Waals surface area contributed by atoms with Gasteiger partial charge in [-0.1, -0.05) is 6.07 Å². The molecule has 1 aliphatic heterocycles. The predicted octanol–water partition coefficient (Wildman–Crippen LogP) is 3.45. The van der Waals surface area contributed by atoms with Crippen LogP contribution < -0.4 is 4.74 Å². The molecule has 2 aromatic rings. The van der Waals surface area contributed by atoms with E-state index in [0.717, 1.165) is 23.5 Å². The number of aryl methyl sites for hydroxylation is 1. The number of nitrogens with zero attached hydrogens (tertiary/aromatic N) is 2. The van der Waals surface area contributed by atoms with Crippen molar-refractivity contribution in [3.8, 4) is 5.75 Å². The summed E-state index contributed by atoms with van der Waals surface area (Å²) in [6, 6.07) is 7.15. The fraction of sp³-hybridized carbons (Fsp3) is 0.450. The van der Waals surface area contributed by atoms with Crippen LogP contribution in [0.4, 0.5) is 0 Å². The number of benzene rings is 1. The lowest BCUT2D eigenvalue weighted by Crippen LogP contribution is -2.42. The Morgan fingerprint density at radius 1 is 1.37 bits per heavy atom. The minimum Gasteiger partial charge on any atom is -0.487 e.